The minimum absolute atomic E-state index is 0.106. The maximum atomic E-state index is 9.36. The Balaban J connectivity index is 2.20. The van der Waals surface area contributed by atoms with Crippen LogP contribution in [0.25, 0.3) is 0 Å². The van der Waals surface area contributed by atoms with E-state index in [1.807, 2.05) is 18.4 Å². The molecule has 0 saturated heterocycles. The highest BCUT2D eigenvalue weighted by molar-refractivity contribution is 7.98. The lowest BCUT2D eigenvalue weighted by Crippen LogP contribution is -2.37. The van der Waals surface area contributed by atoms with E-state index in [1.54, 1.807) is 11.8 Å². The average molecular weight is 296 g/mol. The predicted molar refractivity (Wildman–Crippen MR) is 86.1 cm³/mol. The molecule has 3 nitrogen and oxygen atoms in total. The van der Waals surface area contributed by atoms with E-state index in [0.717, 1.165) is 35.5 Å². The van der Waals surface area contributed by atoms with Crippen LogP contribution in [0, 0.1) is 5.92 Å². The smallest absolute Gasteiger partial charge is 0.107 e. The molecular weight excluding hydrogens is 276 g/mol. The molecule has 0 radical (unpaired) electrons. The average Bonchev–Trinajstić information content (AvgIpc) is 2.35. The summed E-state index contributed by atoms with van der Waals surface area (Å²) in [6.45, 7) is 0.935. The highest BCUT2D eigenvalue weighted by Gasteiger charge is 2.28. The molecule has 0 aromatic heterocycles. The van der Waals surface area contributed by atoms with E-state index in [4.69, 9.17) is 18.0 Å². The molecule has 104 valence electrons. The molecule has 3 N–H and O–H groups in total. The van der Waals surface area contributed by atoms with Crippen LogP contribution in [-0.4, -0.2) is 36.0 Å². The predicted octanol–water partition coefficient (Wildman–Crippen LogP) is 2.25. The molecule has 2 rings (SSSR count). The number of thioether (sulfide) groups is 1. The monoisotopic (exact) mass is 296 g/mol. The van der Waals surface area contributed by atoms with Crippen LogP contribution in [0.15, 0.2) is 23.1 Å². The van der Waals surface area contributed by atoms with Crippen LogP contribution in [0.1, 0.15) is 18.4 Å². The van der Waals surface area contributed by atoms with Gasteiger partial charge in [-0.25, -0.2) is 0 Å². The number of aliphatic hydroxyl groups excluding tert-OH is 1. The van der Waals surface area contributed by atoms with Crippen molar-refractivity contribution in [3.05, 3.63) is 23.8 Å². The maximum absolute atomic E-state index is 9.36. The Bertz CT molecular complexity index is 473. The summed E-state index contributed by atoms with van der Waals surface area (Å²) >= 11 is 6.86. The first-order valence-corrected chi connectivity index (χ1v) is 8.02. The Morgan fingerprint density at radius 2 is 2.21 bits per heavy atom. The number of benzene rings is 1. The minimum Gasteiger partial charge on any atom is -0.393 e. The van der Waals surface area contributed by atoms with E-state index in [2.05, 4.69) is 18.0 Å². The van der Waals surface area contributed by atoms with E-state index < -0.39 is 0 Å². The highest BCUT2D eigenvalue weighted by Crippen LogP contribution is 2.32. The molecule has 1 aromatic rings. The summed E-state index contributed by atoms with van der Waals surface area (Å²) in [5, 5.41) is 9.36. The van der Waals surface area contributed by atoms with Gasteiger partial charge in [-0.3, -0.25) is 0 Å². The van der Waals surface area contributed by atoms with Crippen molar-refractivity contribution in [2.24, 2.45) is 11.7 Å². The molecule has 5 heteroatoms. The lowest BCUT2D eigenvalue weighted by atomic mass is 9.82. The molecule has 1 aromatic carbocycles. The first-order valence-electron chi connectivity index (χ1n) is 6.39. The lowest BCUT2D eigenvalue weighted by molar-refractivity contribution is 0.0465. The van der Waals surface area contributed by atoms with E-state index in [0.29, 0.717) is 10.9 Å². The first kappa shape index (κ1) is 14.6. The van der Waals surface area contributed by atoms with Crippen LogP contribution in [0.2, 0.25) is 0 Å². The Morgan fingerprint density at radius 3 is 2.74 bits per heavy atom. The van der Waals surface area contributed by atoms with Gasteiger partial charge in [0.2, 0.25) is 0 Å². The van der Waals surface area contributed by atoms with Crippen molar-refractivity contribution >= 4 is 34.7 Å². The van der Waals surface area contributed by atoms with Crippen LogP contribution in [-0.2, 0) is 0 Å². The third-order valence-corrected chi connectivity index (χ3v) is 4.61. The van der Waals surface area contributed by atoms with Crippen molar-refractivity contribution in [1.29, 1.82) is 0 Å². The Morgan fingerprint density at radius 1 is 1.53 bits per heavy atom. The molecule has 0 unspecified atom stereocenters. The molecule has 0 aliphatic heterocycles. The highest BCUT2D eigenvalue weighted by atomic mass is 32.2. The maximum Gasteiger partial charge on any atom is 0.107 e. The molecule has 0 amide bonds. The second-order valence-electron chi connectivity index (χ2n) is 5.09. The van der Waals surface area contributed by atoms with Crippen LogP contribution in [0.4, 0.5) is 5.69 Å². The summed E-state index contributed by atoms with van der Waals surface area (Å²) in [4.78, 5) is 3.76. The number of aliphatic hydroxyl groups is 1. The summed E-state index contributed by atoms with van der Waals surface area (Å²) in [6.07, 6.45) is 3.72. The number of thiocarbonyl (C=S) groups is 1. The van der Waals surface area contributed by atoms with Crippen LogP contribution >= 0.6 is 24.0 Å². The van der Waals surface area contributed by atoms with Gasteiger partial charge in [0, 0.05) is 29.7 Å². The van der Waals surface area contributed by atoms with E-state index >= 15 is 0 Å². The summed E-state index contributed by atoms with van der Waals surface area (Å²) in [7, 11) is 2.06. The lowest BCUT2D eigenvalue weighted by Gasteiger charge is -2.36. The second-order valence-corrected chi connectivity index (χ2v) is 6.38. The van der Waals surface area contributed by atoms with Gasteiger partial charge in [-0.05, 0) is 37.1 Å². The van der Waals surface area contributed by atoms with E-state index in [9.17, 15) is 5.11 Å². The first-order chi connectivity index (χ1) is 9.02. The molecule has 1 fully saturated rings. The van der Waals surface area contributed by atoms with Crippen molar-refractivity contribution in [2.75, 3.05) is 24.7 Å². The number of nitrogens with two attached hydrogens (primary N) is 1. The summed E-state index contributed by atoms with van der Waals surface area (Å²) in [6, 6.07) is 6.14. The SMILES string of the molecule is CSc1cccc(N(C)CC2CC(O)C2)c1C(N)=S. The van der Waals surface area contributed by atoms with Gasteiger partial charge in [0.1, 0.15) is 4.99 Å². The quantitative estimate of drug-likeness (QED) is 0.645. The zero-order valence-corrected chi connectivity index (χ0v) is 12.9. The molecule has 0 atom stereocenters. The van der Waals surface area contributed by atoms with Gasteiger partial charge in [0.15, 0.2) is 0 Å². The summed E-state index contributed by atoms with van der Waals surface area (Å²) in [5.41, 5.74) is 7.93. The molecule has 0 heterocycles. The van der Waals surface area contributed by atoms with Crippen molar-refractivity contribution in [3.63, 3.8) is 0 Å². The molecular formula is C14H20N2OS2. The van der Waals surface area contributed by atoms with E-state index in [-0.39, 0.29) is 6.10 Å². The van der Waals surface area contributed by atoms with Crippen molar-refractivity contribution in [2.45, 2.75) is 23.8 Å². The zero-order valence-electron chi connectivity index (χ0n) is 11.3. The van der Waals surface area contributed by atoms with Crippen LogP contribution < -0.4 is 10.6 Å². The third-order valence-electron chi connectivity index (χ3n) is 3.62. The van der Waals surface area contributed by atoms with Crippen molar-refractivity contribution in [3.8, 4) is 0 Å². The number of rotatable bonds is 5. The molecule has 19 heavy (non-hydrogen) atoms. The largest absolute Gasteiger partial charge is 0.393 e. The Kier molecular flexibility index (Phi) is 4.71. The van der Waals surface area contributed by atoms with Gasteiger partial charge >= 0.3 is 0 Å². The van der Waals surface area contributed by atoms with Gasteiger partial charge < -0.3 is 15.7 Å². The normalized spacial score (nSPS) is 21.8. The van der Waals surface area contributed by atoms with Gasteiger partial charge in [0.05, 0.1) is 6.10 Å². The topological polar surface area (TPSA) is 49.5 Å². The number of hydrogen-bond acceptors (Lipinski definition) is 4. The fraction of sp³-hybridized carbons (Fsp3) is 0.500. The number of nitrogens with zero attached hydrogens (tertiary/aromatic N) is 1. The van der Waals surface area contributed by atoms with Gasteiger partial charge in [-0.2, -0.15) is 0 Å². The van der Waals surface area contributed by atoms with Gasteiger partial charge in [-0.1, -0.05) is 18.3 Å². The van der Waals surface area contributed by atoms with Crippen LogP contribution in [0.3, 0.4) is 0 Å². The summed E-state index contributed by atoms with van der Waals surface area (Å²) < 4.78 is 0. The third kappa shape index (κ3) is 3.22. The van der Waals surface area contributed by atoms with Crippen molar-refractivity contribution in [1.82, 2.24) is 0 Å². The molecule has 0 spiro atoms. The van der Waals surface area contributed by atoms with Gasteiger partial charge in [0.25, 0.3) is 0 Å². The fourth-order valence-electron chi connectivity index (χ4n) is 2.59. The molecule has 1 aliphatic rings. The molecule has 1 aliphatic carbocycles. The van der Waals surface area contributed by atoms with Crippen LogP contribution in [0.5, 0.6) is 0 Å². The van der Waals surface area contributed by atoms with Crippen molar-refractivity contribution < 1.29 is 5.11 Å². The fourth-order valence-corrected chi connectivity index (χ4v) is 3.50. The minimum atomic E-state index is -0.106. The molecule has 0 bridgehead atoms. The standard InChI is InChI=1S/C14H20N2OS2/c1-16(8-9-6-10(17)7-9)11-4-3-5-12(19-2)13(11)14(15)18/h3-5,9-10,17H,6-8H2,1-2H3,(H2,15,18). The number of anilines is 1. The zero-order chi connectivity index (χ0) is 14.0. The molecule has 1 saturated carbocycles. The second kappa shape index (κ2) is 6.11. The van der Waals surface area contributed by atoms with Gasteiger partial charge in [-0.15, -0.1) is 11.8 Å². The Labute approximate surface area is 124 Å². The Hall–Kier alpha value is -0.780. The van der Waals surface area contributed by atoms with E-state index in [1.165, 1.54) is 0 Å². The summed E-state index contributed by atoms with van der Waals surface area (Å²) in [5.74, 6) is 0.567. The number of hydrogen-bond donors (Lipinski definition) is 2.